The smallest absolute Gasteiger partial charge is 0.313 e. The fraction of sp³-hybridized carbons (Fsp3) is 0.846. The van der Waals surface area contributed by atoms with E-state index in [-0.39, 0.29) is 12.0 Å². The van der Waals surface area contributed by atoms with Gasteiger partial charge in [0.15, 0.2) is 0 Å². The van der Waals surface area contributed by atoms with Crippen molar-refractivity contribution in [2.45, 2.75) is 38.4 Å². The minimum atomic E-state index is -4.14. The summed E-state index contributed by atoms with van der Waals surface area (Å²) in [5, 5.41) is 3.45. The van der Waals surface area contributed by atoms with Gasteiger partial charge in [-0.3, -0.25) is 4.90 Å². The lowest BCUT2D eigenvalue weighted by Gasteiger charge is -2.34. The highest BCUT2D eigenvalue weighted by Gasteiger charge is 2.35. The molecule has 0 aromatic heterocycles. The van der Waals surface area contributed by atoms with Crippen molar-refractivity contribution < 1.29 is 13.2 Å². The highest BCUT2D eigenvalue weighted by molar-refractivity contribution is 5.13. The van der Waals surface area contributed by atoms with Crippen molar-refractivity contribution in [1.82, 2.24) is 10.2 Å². The van der Waals surface area contributed by atoms with Gasteiger partial charge in [-0.05, 0) is 31.7 Å². The Balaban J connectivity index is 1.81. The molecule has 0 spiro atoms. The van der Waals surface area contributed by atoms with Crippen molar-refractivity contribution in [2.24, 2.45) is 5.92 Å². The molecule has 0 saturated carbocycles. The highest BCUT2D eigenvalue weighted by Crippen LogP contribution is 2.30. The van der Waals surface area contributed by atoms with Gasteiger partial charge in [-0.15, -0.1) is 0 Å². The van der Waals surface area contributed by atoms with Gasteiger partial charge in [-0.2, -0.15) is 13.2 Å². The predicted octanol–water partition coefficient (Wildman–Crippen LogP) is 2.57. The van der Waals surface area contributed by atoms with E-state index in [0.717, 1.165) is 25.4 Å². The molecule has 0 aromatic rings. The Morgan fingerprint density at radius 3 is 2.78 bits per heavy atom. The third kappa shape index (κ3) is 3.72. The van der Waals surface area contributed by atoms with Gasteiger partial charge in [-0.25, -0.2) is 0 Å². The highest BCUT2D eigenvalue weighted by atomic mass is 19.4. The molecule has 2 aliphatic rings. The summed E-state index contributed by atoms with van der Waals surface area (Å²) in [6, 6.07) is 0.439. The van der Waals surface area contributed by atoms with Crippen LogP contribution in [0.3, 0.4) is 0 Å². The van der Waals surface area contributed by atoms with Gasteiger partial charge in [0, 0.05) is 31.2 Å². The van der Waals surface area contributed by atoms with Gasteiger partial charge < -0.3 is 5.32 Å². The molecule has 18 heavy (non-hydrogen) atoms. The van der Waals surface area contributed by atoms with Crippen LogP contribution < -0.4 is 5.32 Å². The Bertz CT molecular complexity index is 312. The fourth-order valence-corrected chi connectivity index (χ4v) is 2.81. The summed E-state index contributed by atoms with van der Waals surface area (Å²) in [5.74, 6) is 0.724. The molecule has 0 aromatic carbocycles. The molecule has 2 rings (SSSR count). The van der Waals surface area contributed by atoms with E-state index in [9.17, 15) is 13.2 Å². The molecule has 2 unspecified atom stereocenters. The zero-order chi connectivity index (χ0) is 13.2. The summed E-state index contributed by atoms with van der Waals surface area (Å²) >= 11 is 0. The van der Waals surface area contributed by atoms with Crippen LogP contribution in [0, 0.1) is 5.92 Å². The largest absolute Gasteiger partial charge is 0.412 e. The second-order valence-electron chi connectivity index (χ2n) is 5.52. The van der Waals surface area contributed by atoms with Crippen LogP contribution in [0.25, 0.3) is 0 Å². The van der Waals surface area contributed by atoms with Gasteiger partial charge in [-0.1, -0.05) is 13.0 Å². The van der Waals surface area contributed by atoms with Crippen molar-refractivity contribution in [2.75, 3.05) is 26.2 Å². The molecule has 1 N–H and O–H groups in total. The third-order valence-corrected chi connectivity index (χ3v) is 3.89. The lowest BCUT2D eigenvalue weighted by molar-refractivity contribution is -0.0960. The lowest BCUT2D eigenvalue weighted by Crippen LogP contribution is -2.46. The molecule has 0 radical (unpaired) electrons. The second-order valence-corrected chi connectivity index (χ2v) is 5.52. The number of hydrogen-bond acceptors (Lipinski definition) is 2. The molecule has 0 aliphatic carbocycles. The molecule has 2 aliphatic heterocycles. The molecular formula is C13H21F3N2. The van der Waals surface area contributed by atoms with Crippen LogP contribution in [-0.4, -0.2) is 43.3 Å². The quantitative estimate of drug-likeness (QED) is 0.769. The van der Waals surface area contributed by atoms with Gasteiger partial charge in [0.05, 0.1) is 0 Å². The third-order valence-electron chi connectivity index (χ3n) is 3.89. The number of hydrogen-bond donors (Lipinski definition) is 1. The Kier molecular flexibility index (Phi) is 4.33. The maximum Gasteiger partial charge on any atom is 0.412 e. The monoisotopic (exact) mass is 262 g/mol. The first-order valence-electron chi connectivity index (χ1n) is 6.67. The SMILES string of the molecule is CC1CCNC(CN2CC=C(C(F)(F)F)CC2)C1. The lowest BCUT2D eigenvalue weighted by atomic mass is 9.93. The van der Waals surface area contributed by atoms with Gasteiger partial charge in [0.2, 0.25) is 0 Å². The van der Waals surface area contributed by atoms with Crippen molar-refractivity contribution >= 4 is 0 Å². The first-order valence-corrected chi connectivity index (χ1v) is 6.67. The summed E-state index contributed by atoms with van der Waals surface area (Å²) in [6.45, 7) is 5.10. The van der Waals surface area contributed by atoms with Crippen LogP contribution in [0.2, 0.25) is 0 Å². The summed E-state index contributed by atoms with van der Waals surface area (Å²) in [7, 11) is 0. The number of piperidine rings is 1. The number of halogens is 3. The Hall–Kier alpha value is -0.550. The van der Waals surface area contributed by atoms with E-state index in [0.29, 0.717) is 19.1 Å². The van der Waals surface area contributed by atoms with Gasteiger partial charge in [0.1, 0.15) is 0 Å². The van der Waals surface area contributed by atoms with Crippen molar-refractivity contribution in [3.8, 4) is 0 Å². The van der Waals surface area contributed by atoms with Crippen LogP contribution in [0.4, 0.5) is 13.2 Å². The minimum absolute atomic E-state index is 0.131. The van der Waals surface area contributed by atoms with E-state index in [1.807, 2.05) is 0 Å². The molecule has 0 amide bonds. The Labute approximate surface area is 106 Å². The van der Waals surface area contributed by atoms with Crippen molar-refractivity contribution in [3.63, 3.8) is 0 Å². The molecular weight excluding hydrogens is 241 g/mol. The average Bonchev–Trinajstić information content (AvgIpc) is 2.28. The molecule has 104 valence electrons. The fourth-order valence-electron chi connectivity index (χ4n) is 2.81. The van der Waals surface area contributed by atoms with Gasteiger partial charge >= 0.3 is 6.18 Å². The number of rotatable bonds is 2. The van der Waals surface area contributed by atoms with E-state index in [1.54, 1.807) is 0 Å². The summed E-state index contributed by atoms with van der Waals surface area (Å²) in [4.78, 5) is 2.12. The van der Waals surface area contributed by atoms with Crippen molar-refractivity contribution in [1.29, 1.82) is 0 Å². The van der Waals surface area contributed by atoms with E-state index in [4.69, 9.17) is 0 Å². The number of nitrogens with zero attached hydrogens (tertiary/aromatic N) is 1. The molecule has 2 atom stereocenters. The van der Waals surface area contributed by atoms with Crippen LogP contribution in [0.15, 0.2) is 11.6 Å². The van der Waals surface area contributed by atoms with E-state index >= 15 is 0 Å². The molecule has 5 heteroatoms. The zero-order valence-electron chi connectivity index (χ0n) is 10.8. The topological polar surface area (TPSA) is 15.3 Å². The zero-order valence-corrected chi connectivity index (χ0v) is 10.8. The summed E-state index contributed by atoms with van der Waals surface area (Å²) in [6.07, 6.45) is -0.327. The normalized spacial score (nSPS) is 31.2. The molecule has 1 fully saturated rings. The predicted molar refractivity (Wildman–Crippen MR) is 65.4 cm³/mol. The Morgan fingerprint density at radius 2 is 2.22 bits per heavy atom. The van der Waals surface area contributed by atoms with E-state index in [2.05, 4.69) is 17.1 Å². The summed E-state index contributed by atoms with van der Waals surface area (Å²) < 4.78 is 37.4. The summed E-state index contributed by atoms with van der Waals surface area (Å²) in [5.41, 5.74) is -0.358. The molecule has 2 heterocycles. The maximum atomic E-state index is 12.5. The van der Waals surface area contributed by atoms with Gasteiger partial charge in [0.25, 0.3) is 0 Å². The van der Waals surface area contributed by atoms with Crippen LogP contribution in [-0.2, 0) is 0 Å². The molecule has 0 bridgehead atoms. The molecule has 1 saturated heterocycles. The first-order chi connectivity index (χ1) is 8.45. The van der Waals surface area contributed by atoms with Crippen LogP contribution in [0.1, 0.15) is 26.2 Å². The number of nitrogens with one attached hydrogen (secondary N) is 1. The van der Waals surface area contributed by atoms with E-state index in [1.165, 1.54) is 12.5 Å². The molecule has 2 nitrogen and oxygen atoms in total. The Morgan fingerprint density at radius 1 is 1.44 bits per heavy atom. The van der Waals surface area contributed by atoms with Crippen LogP contribution in [0.5, 0.6) is 0 Å². The number of alkyl halides is 3. The second kappa shape index (κ2) is 5.61. The van der Waals surface area contributed by atoms with Crippen molar-refractivity contribution in [3.05, 3.63) is 11.6 Å². The van der Waals surface area contributed by atoms with Crippen LogP contribution >= 0.6 is 0 Å². The van der Waals surface area contributed by atoms with E-state index < -0.39 is 6.18 Å². The minimum Gasteiger partial charge on any atom is -0.313 e. The first kappa shape index (κ1) is 13.9. The standard InChI is InChI=1S/C13H21F3N2/c1-10-2-5-17-12(8-10)9-18-6-3-11(4-7-18)13(14,15)16/h3,10,12,17H,2,4-9H2,1H3. The maximum absolute atomic E-state index is 12.5. The average molecular weight is 262 g/mol.